The van der Waals surface area contributed by atoms with Crippen molar-refractivity contribution in [2.75, 3.05) is 19.8 Å². The zero-order valence-electron chi connectivity index (χ0n) is 9.98. The Kier molecular flexibility index (Phi) is 3.81. The fourth-order valence-electron chi connectivity index (χ4n) is 2.28. The minimum Gasteiger partial charge on any atom is -0.373 e. The molecule has 5 heteroatoms. The average molecular weight is 240 g/mol. The van der Waals surface area contributed by atoms with Crippen molar-refractivity contribution in [1.82, 2.24) is 5.32 Å². The average Bonchev–Trinajstić information content (AvgIpc) is 3.15. The fraction of sp³-hybridized carbons (Fsp3) is 0.750. The van der Waals surface area contributed by atoms with Crippen molar-refractivity contribution in [3.63, 3.8) is 0 Å². The second-order valence-electron chi connectivity index (χ2n) is 4.83. The summed E-state index contributed by atoms with van der Waals surface area (Å²) in [7, 11) is 0. The van der Waals surface area contributed by atoms with Crippen molar-refractivity contribution in [1.29, 1.82) is 0 Å². The van der Waals surface area contributed by atoms with E-state index in [-0.39, 0.29) is 23.7 Å². The number of carbonyl (C=O) groups is 1. The molecule has 5 nitrogen and oxygen atoms in total. The molecule has 0 radical (unpaired) electrons. The van der Waals surface area contributed by atoms with Gasteiger partial charge in [-0.3, -0.25) is 4.79 Å². The first-order valence-electron chi connectivity index (χ1n) is 6.05. The lowest BCUT2D eigenvalue weighted by Crippen LogP contribution is -2.51. The van der Waals surface area contributed by atoms with E-state index < -0.39 is 0 Å². The van der Waals surface area contributed by atoms with Crippen LogP contribution >= 0.6 is 0 Å². The SMILES string of the molecule is C=CC(=O)NC(CCN)(CC1CO1)CC1CO1. The molecule has 0 aromatic heterocycles. The van der Waals surface area contributed by atoms with Gasteiger partial charge in [0.1, 0.15) is 0 Å². The predicted molar refractivity (Wildman–Crippen MR) is 63.5 cm³/mol. The number of hydrogen-bond acceptors (Lipinski definition) is 4. The molecule has 2 unspecified atom stereocenters. The van der Waals surface area contributed by atoms with E-state index >= 15 is 0 Å². The topological polar surface area (TPSA) is 80.2 Å². The van der Waals surface area contributed by atoms with E-state index in [0.717, 1.165) is 32.5 Å². The molecule has 2 atom stereocenters. The Bertz CT molecular complexity index is 284. The summed E-state index contributed by atoms with van der Waals surface area (Å²) in [5.74, 6) is -0.153. The number of nitrogens with one attached hydrogen (secondary N) is 1. The lowest BCUT2D eigenvalue weighted by molar-refractivity contribution is -0.118. The molecule has 0 aromatic rings. The predicted octanol–water partition coefficient (Wildman–Crippen LogP) is -0.0460. The molecule has 2 saturated heterocycles. The van der Waals surface area contributed by atoms with Crippen LogP contribution in [0.5, 0.6) is 0 Å². The molecule has 2 aliphatic heterocycles. The first-order valence-corrected chi connectivity index (χ1v) is 6.05. The Morgan fingerprint density at radius 1 is 1.41 bits per heavy atom. The van der Waals surface area contributed by atoms with Crippen LogP contribution in [0.15, 0.2) is 12.7 Å². The zero-order valence-corrected chi connectivity index (χ0v) is 9.98. The second-order valence-corrected chi connectivity index (χ2v) is 4.83. The Balaban J connectivity index is 2.02. The van der Waals surface area contributed by atoms with E-state index in [0.29, 0.717) is 6.54 Å². The van der Waals surface area contributed by atoms with Crippen molar-refractivity contribution in [2.24, 2.45) is 5.73 Å². The largest absolute Gasteiger partial charge is 0.373 e. The van der Waals surface area contributed by atoms with Gasteiger partial charge in [-0.1, -0.05) is 6.58 Å². The van der Waals surface area contributed by atoms with Gasteiger partial charge in [-0.05, 0) is 31.9 Å². The number of rotatable bonds is 8. The molecule has 0 saturated carbocycles. The molecule has 17 heavy (non-hydrogen) atoms. The van der Waals surface area contributed by atoms with Crippen molar-refractivity contribution in [2.45, 2.75) is 37.0 Å². The molecule has 0 aliphatic carbocycles. The van der Waals surface area contributed by atoms with Crippen LogP contribution in [0, 0.1) is 0 Å². The molecule has 3 N–H and O–H groups in total. The standard InChI is InChI=1S/C12H20N2O3/c1-2-11(15)14-12(3-4-13,5-9-7-16-9)6-10-8-17-10/h2,9-10H,1,3-8,13H2,(H,14,15). The first-order chi connectivity index (χ1) is 8.17. The van der Waals surface area contributed by atoms with E-state index in [9.17, 15) is 4.79 Å². The summed E-state index contributed by atoms with van der Waals surface area (Å²) in [6.45, 7) is 5.59. The van der Waals surface area contributed by atoms with Crippen LogP contribution in [-0.4, -0.2) is 43.4 Å². The highest BCUT2D eigenvalue weighted by Crippen LogP contribution is 2.33. The fourth-order valence-corrected chi connectivity index (χ4v) is 2.28. The van der Waals surface area contributed by atoms with Gasteiger partial charge in [0.05, 0.1) is 25.4 Å². The van der Waals surface area contributed by atoms with Gasteiger partial charge in [-0.25, -0.2) is 0 Å². The molecule has 0 aromatic carbocycles. The van der Waals surface area contributed by atoms with E-state index in [2.05, 4.69) is 11.9 Å². The van der Waals surface area contributed by atoms with Gasteiger partial charge in [0, 0.05) is 5.54 Å². The van der Waals surface area contributed by atoms with Crippen LogP contribution in [0.25, 0.3) is 0 Å². The maximum atomic E-state index is 11.6. The third-order valence-electron chi connectivity index (χ3n) is 3.24. The van der Waals surface area contributed by atoms with Gasteiger partial charge < -0.3 is 20.5 Å². The highest BCUT2D eigenvalue weighted by Gasteiger charge is 2.42. The molecule has 1 amide bonds. The number of epoxide rings is 2. The van der Waals surface area contributed by atoms with E-state index in [1.54, 1.807) is 0 Å². The highest BCUT2D eigenvalue weighted by molar-refractivity contribution is 5.87. The summed E-state index contributed by atoms with van der Waals surface area (Å²) in [5.41, 5.74) is 5.36. The van der Waals surface area contributed by atoms with Crippen molar-refractivity contribution >= 4 is 5.91 Å². The lowest BCUT2D eigenvalue weighted by Gasteiger charge is -2.33. The Morgan fingerprint density at radius 3 is 2.29 bits per heavy atom. The summed E-state index contributed by atoms with van der Waals surface area (Å²) < 4.78 is 10.5. The Hall–Kier alpha value is -0.910. The van der Waals surface area contributed by atoms with Crippen LogP contribution in [0.3, 0.4) is 0 Å². The number of ether oxygens (including phenoxy) is 2. The third-order valence-corrected chi connectivity index (χ3v) is 3.24. The Labute approximate surface area is 101 Å². The van der Waals surface area contributed by atoms with Gasteiger partial charge in [-0.15, -0.1) is 0 Å². The molecule has 0 bridgehead atoms. The summed E-state index contributed by atoms with van der Waals surface area (Å²) in [6.07, 6.45) is 4.17. The van der Waals surface area contributed by atoms with Crippen LogP contribution in [-0.2, 0) is 14.3 Å². The number of hydrogen-bond donors (Lipinski definition) is 2. The molecule has 2 fully saturated rings. The van der Waals surface area contributed by atoms with Crippen molar-refractivity contribution in [3.05, 3.63) is 12.7 Å². The van der Waals surface area contributed by atoms with Crippen molar-refractivity contribution < 1.29 is 14.3 Å². The summed E-state index contributed by atoms with van der Waals surface area (Å²) in [5, 5.41) is 3.03. The summed E-state index contributed by atoms with van der Waals surface area (Å²) >= 11 is 0. The summed E-state index contributed by atoms with van der Waals surface area (Å²) in [6, 6.07) is 0. The maximum absolute atomic E-state index is 11.6. The van der Waals surface area contributed by atoms with Gasteiger partial charge in [-0.2, -0.15) is 0 Å². The quantitative estimate of drug-likeness (QED) is 0.460. The molecule has 2 rings (SSSR count). The number of carbonyl (C=O) groups excluding carboxylic acids is 1. The molecular weight excluding hydrogens is 220 g/mol. The normalized spacial score (nSPS) is 29.2. The Morgan fingerprint density at radius 2 is 1.94 bits per heavy atom. The van der Waals surface area contributed by atoms with Gasteiger partial charge in [0.2, 0.25) is 5.91 Å². The van der Waals surface area contributed by atoms with E-state index in [4.69, 9.17) is 15.2 Å². The van der Waals surface area contributed by atoms with E-state index in [1.807, 2.05) is 0 Å². The second kappa shape index (κ2) is 5.16. The zero-order chi connectivity index (χ0) is 12.3. The summed E-state index contributed by atoms with van der Waals surface area (Å²) in [4.78, 5) is 11.6. The number of nitrogens with two attached hydrogens (primary N) is 1. The highest BCUT2D eigenvalue weighted by atomic mass is 16.6. The molecular formula is C12H20N2O3. The first kappa shape index (κ1) is 12.5. The van der Waals surface area contributed by atoms with Crippen LogP contribution in [0.1, 0.15) is 19.3 Å². The van der Waals surface area contributed by atoms with Crippen LogP contribution in [0.4, 0.5) is 0 Å². The minimum absolute atomic E-state index is 0.153. The molecule has 0 spiro atoms. The van der Waals surface area contributed by atoms with Crippen molar-refractivity contribution in [3.8, 4) is 0 Å². The third kappa shape index (κ3) is 3.80. The minimum atomic E-state index is -0.303. The monoisotopic (exact) mass is 240 g/mol. The lowest BCUT2D eigenvalue weighted by atomic mass is 9.84. The molecule has 96 valence electrons. The molecule has 2 aliphatic rings. The number of amides is 1. The molecule has 2 heterocycles. The maximum Gasteiger partial charge on any atom is 0.243 e. The van der Waals surface area contributed by atoms with Crippen LogP contribution in [0.2, 0.25) is 0 Å². The van der Waals surface area contributed by atoms with Crippen LogP contribution < -0.4 is 11.1 Å². The van der Waals surface area contributed by atoms with Gasteiger partial charge in [0.15, 0.2) is 0 Å². The smallest absolute Gasteiger partial charge is 0.243 e. The van der Waals surface area contributed by atoms with Gasteiger partial charge in [0.25, 0.3) is 0 Å². The van der Waals surface area contributed by atoms with Gasteiger partial charge >= 0.3 is 0 Å². The van der Waals surface area contributed by atoms with E-state index in [1.165, 1.54) is 6.08 Å².